The van der Waals surface area contributed by atoms with E-state index in [1.807, 2.05) is 26.2 Å². The molecule has 0 fully saturated rings. The third kappa shape index (κ3) is 2.09. The topological polar surface area (TPSA) is 42.7 Å². The summed E-state index contributed by atoms with van der Waals surface area (Å²) >= 11 is 0. The van der Waals surface area contributed by atoms with E-state index in [4.69, 9.17) is 0 Å². The summed E-state index contributed by atoms with van der Waals surface area (Å²) in [4.78, 5) is 4.07. The molecule has 2 aromatic rings. The van der Waals surface area contributed by atoms with Crippen LogP contribution < -0.4 is 5.32 Å². The Morgan fingerprint density at radius 2 is 2.31 bits per heavy atom. The minimum Gasteiger partial charge on any atom is -0.316 e. The number of pyridine rings is 1. The van der Waals surface area contributed by atoms with Crippen LogP contribution in [0.2, 0.25) is 0 Å². The second kappa shape index (κ2) is 4.40. The van der Waals surface area contributed by atoms with Crippen molar-refractivity contribution in [2.75, 3.05) is 7.05 Å². The number of halogens is 1. The SMILES string of the molecule is CNCc1cc(F)cnc1-n1ccc(C)n1. The molecular formula is C11H13FN4. The lowest BCUT2D eigenvalue weighted by Crippen LogP contribution is -2.11. The Morgan fingerprint density at radius 1 is 1.50 bits per heavy atom. The first-order valence-corrected chi connectivity index (χ1v) is 5.02. The van der Waals surface area contributed by atoms with Gasteiger partial charge in [-0.2, -0.15) is 5.10 Å². The monoisotopic (exact) mass is 220 g/mol. The lowest BCUT2D eigenvalue weighted by molar-refractivity contribution is 0.612. The van der Waals surface area contributed by atoms with Gasteiger partial charge in [-0.05, 0) is 26.1 Å². The van der Waals surface area contributed by atoms with Gasteiger partial charge in [0, 0.05) is 18.3 Å². The highest BCUT2D eigenvalue weighted by molar-refractivity contribution is 5.33. The summed E-state index contributed by atoms with van der Waals surface area (Å²) in [7, 11) is 1.81. The zero-order valence-electron chi connectivity index (χ0n) is 9.24. The van der Waals surface area contributed by atoms with Gasteiger partial charge in [0.2, 0.25) is 0 Å². The molecule has 0 saturated carbocycles. The summed E-state index contributed by atoms with van der Waals surface area (Å²) in [5.41, 5.74) is 1.69. The number of hydrogen-bond donors (Lipinski definition) is 1. The quantitative estimate of drug-likeness (QED) is 0.851. The van der Waals surface area contributed by atoms with Crippen molar-refractivity contribution in [2.24, 2.45) is 0 Å². The summed E-state index contributed by atoms with van der Waals surface area (Å²) in [5.74, 6) is 0.321. The van der Waals surface area contributed by atoms with Gasteiger partial charge in [-0.15, -0.1) is 0 Å². The van der Waals surface area contributed by atoms with Crippen molar-refractivity contribution in [3.05, 3.63) is 41.6 Å². The molecule has 0 radical (unpaired) electrons. The van der Waals surface area contributed by atoms with Crippen molar-refractivity contribution >= 4 is 0 Å². The third-order valence-electron chi connectivity index (χ3n) is 2.22. The highest BCUT2D eigenvalue weighted by Crippen LogP contribution is 2.12. The first-order valence-electron chi connectivity index (χ1n) is 5.02. The average Bonchev–Trinajstić information content (AvgIpc) is 2.65. The number of nitrogens with zero attached hydrogens (tertiary/aromatic N) is 3. The van der Waals surface area contributed by atoms with E-state index in [1.54, 1.807) is 4.68 Å². The van der Waals surface area contributed by atoms with E-state index in [2.05, 4.69) is 15.4 Å². The molecule has 0 atom stereocenters. The molecule has 0 amide bonds. The molecule has 1 N–H and O–H groups in total. The highest BCUT2D eigenvalue weighted by Gasteiger charge is 2.08. The first kappa shape index (κ1) is 10.8. The molecule has 0 spiro atoms. The van der Waals surface area contributed by atoms with Gasteiger partial charge in [0.05, 0.1) is 11.9 Å². The molecule has 2 aromatic heterocycles. The summed E-state index contributed by atoms with van der Waals surface area (Å²) in [5, 5.41) is 7.24. The minimum atomic E-state index is -0.335. The van der Waals surface area contributed by atoms with Crippen molar-refractivity contribution in [1.29, 1.82) is 0 Å². The van der Waals surface area contributed by atoms with E-state index in [9.17, 15) is 4.39 Å². The zero-order valence-corrected chi connectivity index (χ0v) is 9.24. The van der Waals surface area contributed by atoms with Crippen molar-refractivity contribution < 1.29 is 4.39 Å². The fraction of sp³-hybridized carbons (Fsp3) is 0.273. The maximum Gasteiger partial charge on any atom is 0.157 e. The summed E-state index contributed by atoms with van der Waals surface area (Å²) in [6.07, 6.45) is 3.01. The molecule has 0 aliphatic rings. The Balaban J connectivity index is 2.47. The van der Waals surface area contributed by atoms with Gasteiger partial charge >= 0.3 is 0 Å². The van der Waals surface area contributed by atoms with E-state index >= 15 is 0 Å². The zero-order chi connectivity index (χ0) is 11.5. The molecule has 0 unspecified atom stereocenters. The molecule has 5 heteroatoms. The molecule has 0 aliphatic carbocycles. The Hall–Kier alpha value is -1.75. The number of rotatable bonds is 3. The van der Waals surface area contributed by atoms with E-state index < -0.39 is 0 Å². The largest absolute Gasteiger partial charge is 0.316 e. The Kier molecular flexibility index (Phi) is 2.96. The molecule has 2 rings (SSSR count). The molecule has 2 heterocycles. The molecular weight excluding hydrogens is 207 g/mol. The van der Waals surface area contributed by atoms with Crippen LogP contribution in [0, 0.1) is 12.7 Å². The molecule has 0 aliphatic heterocycles. The number of nitrogens with one attached hydrogen (secondary N) is 1. The van der Waals surface area contributed by atoms with Crippen LogP contribution >= 0.6 is 0 Å². The average molecular weight is 220 g/mol. The van der Waals surface area contributed by atoms with Crippen LogP contribution in [-0.4, -0.2) is 21.8 Å². The fourth-order valence-corrected chi connectivity index (χ4v) is 1.53. The summed E-state index contributed by atoms with van der Waals surface area (Å²) < 4.78 is 14.7. The smallest absolute Gasteiger partial charge is 0.157 e. The summed E-state index contributed by atoms with van der Waals surface area (Å²) in [6.45, 7) is 2.46. The van der Waals surface area contributed by atoms with Crippen LogP contribution in [0.15, 0.2) is 24.5 Å². The van der Waals surface area contributed by atoms with Crippen LogP contribution in [0.4, 0.5) is 4.39 Å². The van der Waals surface area contributed by atoms with Crippen LogP contribution in [-0.2, 0) is 6.54 Å². The molecule has 16 heavy (non-hydrogen) atoms. The number of aryl methyl sites for hydroxylation is 1. The predicted molar refractivity (Wildman–Crippen MR) is 58.8 cm³/mol. The van der Waals surface area contributed by atoms with Crippen molar-refractivity contribution in [2.45, 2.75) is 13.5 Å². The van der Waals surface area contributed by atoms with Crippen LogP contribution in [0.25, 0.3) is 5.82 Å². The van der Waals surface area contributed by atoms with E-state index in [1.165, 1.54) is 12.3 Å². The van der Waals surface area contributed by atoms with Gasteiger partial charge in [0.25, 0.3) is 0 Å². The highest BCUT2D eigenvalue weighted by atomic mass is 19.1. The number of aromatic nitrogens is 3. The maximum absolute atomic E-state index is 13.1. The van der Waals surface area contributed by atoms with Gasteiger partial charge in [-0.25, -0.2) is 14.1 Å². The maximum atomic E-state index is 13.1. The van der Waals surface area contributed by atoms with E-state index in [0.717, 1.165) is 11.3 Å². The fourth-order valence-electron chi connectivity index (χ4n) is 1.53. The lowest BCUT2D eigenvalue weighted by Gasteiger charge is -2.07. The van der Waals surface area contributed by atoms with Crippen molar-refractivity contribution in [3.8, 4) is 5.82 Å². The van der Waals surface area contributed by atoms with Crippen molar-refractivity contribution in [3.63, 3.8) is 0 Å². The molecule has 4 nitrogen and oxygen atoms in total. The van der Waals surface area contributed by atoms with Gasteiger partial charge in [-0.1, -0.05) is 0 Å². The third-order valence-corrected chi connectivity index (χ3v) is 2.22. The van der Waals surface area contributed by atoms with Crippen LogP contribution in [0.1, 0.15) is 11.3 Å². The normalized spacial score (nSPS) is 10.7. The minimum absolute atomic E-state index is 0.335. The number of hydrogen-bond acceptors (Lipinski definition) is 3. The van der Waals surface area contributed by atoms with E-state index in [0.29, 0.717) is 12.4 Å². The van der Waals surface area contributed by atoms with Gasteiger partial charge < -0.3 is 5.32 Å². The molecule has 0 bridgehead atoms. The Labute approximate surface area is 93.1 Å². The van der Waals surface area contributed by atoms with Gasteiger partial charge in [0.15, 0.2) is 5.82 Å². The van der Waals surface area contributed by atoms with E-state index in [-0.39, 0.29) is 5.82 Å². The molecule has 84 valence electrons. The standard InChI is InChI=1S/C11H13FN4/c1-8-3-4-16(15-8)11-9(6-13-2)5-10(12)7-14-11/h3-5,7,13H,6H2,1-2H3. The molecule has 0 aromatic carbocycles. The Morgan fingerprint density at radius 3 is 2.94 bits per heavy atom. The first-order chi connectivity index (χ1) is 7.70. The van der Waals surface area contributed by atoms with Crippen LogP contribution in [0.3, 0.4) is 0 Å². The van der Waals surface area contributed by atoms with Crippen LogP contribution in [0.5, 0.6) is 0 Å². The Bertz CT molecular complexity index is 492. The second-order valence-corrected chi connectivity index (χ2v) is 3.57. The molecule has 0 saturated heterocycles. The summed E-state index contributed by atoms with van der Waals surface area (Å²) in [6, 6.07) is 3.35. The van der Waals surface area contributed by atoms with Gasteiger partial charge in [-0.3, -0.25) is 0 Å². The second-order valence-electron chi connectivity index (χ2n) is 3.57. The van der Waals surface area contributed by atoms with Gasteiger partial charge in [0.1, 0.15) is 5.82 Å². The predicted octanol–water partition coefficient (Wildman–Crippen LogP) is 1.43. The lowest BCUT2D eigenvalue weighted by atomic mass is 10.2. The van der Waals surface area contributed by atoms with Crippen molar-refractivity contribution in [1.82, 2.24) is 20.1 Å².